The SMILES string of the molecule is C=C(C)C1CC(O)C(C)=CC1c1c(O)cc(CCC)c(C)c1O. The van der Waals surface area contributed by atoms with Crippen LogP contribution < -0.4 is 0 Å². The third-order valence-corrected chi connectivity index (χ3v) is 5.04. The van der Waals surface area contributed by atoms with Gasteiger partial charge < -0.3 is 15.3 Å². The second kappa shape index (κ2) is 6.79. The summed E-state index contributed by atoms with van der Waals surface area (Å²) in [4.78, 5) is 0. The fraction of sp³-hybridized carbons (Fsp3) is 0.500. The van der Waals surface area contributed by atoms with Crippen LogP contribution >= 0.6 is 0 Å². The third kappa shape index (κ3) is 3.30. The molecule has 0 spiro atoms. The molecule has 3 unspecified atom stereocenters. The molecule has 0 aliphatic heterocycles. The van der Waals surface area contributed by atoms with Gasteiger partial charge >= 0.3 is 0 Å². The first-order valence-electron chi connectivity index (χ1n) is 8.33. The van der Waals surface area contributed by atoms with Crippen molar-refractivity contribution in [2.45, 2.75) is 59.0 Å². The number of benzene rings is 1. The summed E-state index contributed by atoms with van der Waals surface area (Å²) < 4.78 is 0. The van der Waals surface area contributed by atoms with Gasteiger partial charge in [0, 0.05) is 11.5 Å². The van der Waals surface area contributed by atoms with Gasteiger partial charge in [0.1, 0.15) is 11.5 Å². The highest BCUT2D eigenvalue weighted by Crippen LogP contribution is 2.47. The fourth-order valence-electron chi connectivity index (χ4n) is 3.56. The minimum atomic E-state index is -0.488. The third-order valence-electron chi connectivity index (χ3n) is 5.04. The predicted molar refractivity (Wildman–Crippen MR) is 93.9 cm³/mol. The molecule has 3 nitrogen and oxygen atoms in total. The molecular formula is C20H28O3. The van der Waals surface area contributed by atoms with Crippen LogP contribution in [-0.4, -0.2) is 21.4 Å². The first-order chi connectivity index (χ1) is 10.8. The lowest BCUT2D eigenvalue weighted by molar-refractivity contribution is 0.168. The average molecular weight is 316 g/mol. The van der Waals surface area contributed by atoms with Crippen LogP contribution in [0.4, 0.5) is 0 Å². The lowest BCUT2D eigenvalue weighted by atomic mass is 9.72. The maximum absolute atomic E-state index is 10.7. The van der Waals surface area contributed by atoms with Gasteiger partial charge in [0.2, 0.25) is 0 Å². The Morgan fingerprint density at radius 3 is 2.52 bits per heavy atom. The number of hydrogen-bond donors (Lipinski definition) is 3. The van der Waals surface area contributed by atoms with Crippen molar-refractivity contribution < 1.29 is 15.3 Å². The van der Waals surface area contributed by atoms with Crippen LogP contribution in [0.25, 0.3) is 0 Å². The zero-order valence-corrected chi connectivity index (χ0v) is 14.6. The maximum Gasteiger partial charge on any atom is 0.126 e. The van der Waals surface area contributed by atoms with Crippen molar-refractivity contribution in [3.63, 3.8) is 0 Å². The Morgan fingerprint density at radius 2 is 1.96 bits per heavy atom. The van der Waals surface area contributed by atoms with Crippen molar-refractivity contribution in [2.24, 2.45) is 5.92 Å². The van der Waals surface area contributed by atoms with Crippen LogP contribution in [0.15, 0.2) is 29.9 Å². The number of aromatic hydroxyl groups is 2. The number of allylic oxidation sites excluding steroid dienone is 2. The Hall–Kier alpha value is -1.74. The molecule has 3 heteroatoms. The van der Waals surface area contributed by atoms with Crippen LogP contribution in [0.1, 0.15) is 56.2 Å². The van der Waals surface area contributed by atoms with E-state index >= 15 is 0 Å². The minimum Gasteiger partial charge on any atom is -0.507 e. The van der Waals surface area contributed by atoms with Crippen molar-refractivity contribution >= 4 is 0 Å². The van der Waals surface area contributed by atoms with Gasteiger partial charge in [0.25, 0.3) is 0 Å². The minimum absolute atomic E-state index is 0.00178. The molecule has 0 fully saturated rings. The standard InChI is InChI=1S/C20H28O3/c1-6-7-14-9-18(22)19(20(23)13(14)5)16-8-12(4)17(21)10-15(16)11(2)3/h8-9,15-17,21-23H,2,6-7,10H2,1,3-5H3. The van der Waals surface area contributed by atoms with Gasteiger partial charge in [-0.15, -0.1) is 0 Å². The number of phenolic OH excluding ortho intramolecular Hbond substituents is 2. The molecule has 23 heavy (non-hydrogen) atoms. The summed E-state index contributed by atoms with van der Waals surface area (Å²) in [6, 6.07) is 1.78. The highest BCUT2D eigenvalue weighted by Gasteiger charge is 2.34. The van der Waals surface area contributed by atoms with Crippen molar-refractivity contribution in [2.75, 3.05) is 0 Å². The van der Waals surface area contributed by atoms with Gasteiger partial charge in [-0.05, 0) is 62.3 Å². The lowest BCUT2D eigenvalue weighted by Crippen LogP contribution is -2.26. The van der Waals surface area contributed by atoms with E-state index in [0.717, 1.165) is 35.1 Å². The Labute approximate surface area is 139 Å². The van der Waals surface area contributed by atoms with Gasteiger partial charge in [-0.2, -0.15) is 0 Å². The van der Waals surface area contributed by atoms with Crippen LogP contribution in [0.5, 0.6) is 11.5 Å². The van der Waals surface area contributed by atoms with Gasteiger partial charge in [-0.3, -0.25) is 0 Å². The van der Waals surface area contributed by atoms with E-state index in [9.17, 15) is 15.3 Å². The zero-order valence-electron chi connectivity index (χ0n) is 14.6. The molecule has 1 aromatic rings. The monoisotopic (exact) mass is 316 g/mol. The van der Waals surface area contributed by atoms with Crippen molar-refractivity contribution in [1.29, 1.82) is 0 Å². The second-order valence-electron chi connectivity index (χ2n) is 6.83. The molecule has 1 aliphatic carbocycles. The average Bonchev–Trinajstić information content (AvgIpc) is 2.47. The fourth-order valence-corrected chi connectivity index (χ4v) is 3.56. The molecule has 3 N–H and O–H groups in total. The molecule has 0 bridgehead atoms. The normalized spacial score (nSPS) is 24.4. The topological polar surface area (TPSA) is 60.7 Å². The van der Waals surface area contributed by atoms with Crippen LogP contribution in [0, 0.1) is 12.8 Å². The molecule has 0 aromatic heterocycles. The summed E-state index contributed by atoms with van der Waals surface area (Å²) in [6.45, 7) is 11.8. The van der Waals surface area contributed by atoms with E-state index in [1.54, 1.807) is 6.07 Å². The molecule has 2 rings (SSSR count). The first-order valence-corrected chi connectivity index (χ1v) is 8.33. The van der Waals surface area contributed by atoms with Gasteiger partial charge in [0.05, 0.1) is 6.10 Å². The number of hydrogen-bond acceptors (Lipinski definition) is 3. The summed E-state index contributed by atoms with van der Waals surface area (Å²) in [6.07, 6.45) is 3.83. The van der Waals surface area contributed by atoms with Crippen molar-refractivity contribution in [1.82, 2.24) is 0 Å². The highest BCUT2D eigenvalue weighted by molar-refractivity contribution is 5.56. The van der Waals surface area contributed by atoms with E-state index in [-0.39, 0.29) is 23.3 Å². The van der Waals surface area contributed by atoms with E-state index in [0.29, 0.717) is 12.0 Å². The van der Waals surface area contributed by atoms with E-state index in [2.05, 4.69) is 13.5 Å². The van der Waals surface area contributed by atoms with Crippen molar-refractivity contribution in [3.05, 3.63) is 46.6 Å². The molecule has 1 aromatic carbocycles. The van der Waals surface area contributed by atoms with Gasteiger partial charge in [-0.25, -0.2) is 0 Å². The molecule has 1 aliphatic rings. The number of aliphatic hydroxyl groups is 1. The molecule has 0 amide bonds. The van der Waals surface area contributed by atoms with E-state index < -0.39 is 6.10 Å². The number of rotatable bonds is 4. The largest absolute Gasteiger partial charge is 0.507 e. The second-order valence-corrected chi connectivity index (χ2v) is 6.83. The summed E-state index contributed by atoms with van der Waals surface area (Å²) in [5.74, 6) is 0.144. The number of aliphatic hydroxyl groups excluding tert-OH is 1. The summed E-state index contributed by atoms with van der Waals surface area (Å²) in [5.41, 5.74) is 4.20. The molecule has 0 radical (unpaired) electrons. The smallest absolute Gasteiger partial charge is 0.126 e. The molecular weight excluding hydrogens is 288 g/mol. The summed E-state index contributed by atoms with van der Waals surface area (Å²) in [5, 5.41) is 31.4. The molecule has 126 valence electrons. The van der Waals surface area contributed by atoms with E-state index in [1.165, 1.54) is 0 Å². The van der Waals surface area contributed by atoms with Gasteiger partial charge in [0.15, 0.2) is 0 Å². The maximum atomic E-state index is 10.7. The number of aryl methyl sites for hydroxylation is 1. The molecule has 0 saturated carbocycles. The van der Waals surface area contributed by atoms with Crippen LogP contribution in [0.2, 0.25) is 0 Å². The predicted octanol–water partition coefficient (Wildman–Crippen LogP) is 4.35. The summed E-state index contributed by atoms with van der Waals surface area (Å²) >= 11 is 0. The van der Waals surface area contributed by atoms with E-state index in [1.807, 2.05) is 26.8 Å². The molecule has 0 heterocycles. The van der Waals surface area contributed by atoms with Gasteiger partial charge in [-0.1, -0.05) is 31.6 Å². The van der Waals surface area contributed by atoms with Crippen molar-refractivity contribution in [3.8, 4) is 11.5 Å². The lowest BCUT2D eigenvalue weighted by Gasteiger charge is -2.34. The Morgan fingerprint density at radius 1 is 1.30 bits per heavy atom. The quantitative estimate of drug-likeness (QED) is 0.724. The molecule has 0 saturated heterocycles. The first kappa shape index (κ1) is 17.6. The Bertz CT molecular complexity index is 643. The Balaban J connectivity index is 2.59. The van der Waals surface area contributed by atoms with Crippen LogP contribution in [0.3, 0.4) is 0 Å². The Kier molecular flexibility index (Phi) is 5.20. The highest BCUT2D eigenvalue weighted by atomic mass is 16.3. The van der Waals surface area contributed by atoms with Crippen LogP contribution in [-0.2, 0) is 6.42 Å². The van der Waals surface area contributed by atoms with E-state index in [4.69, 9.17) is 0 Å². The molecule has 3 atom stereocenters. The number of phenols is 2. The summed E-state index contributed by atoms with van der Waals surface area (Å²) in [7, 11) is 0. The zero-order chi connectivity index (χ0) is 17.3.